The molecule has 2 aromatic carbocycles. The van der Waals surface area contributed by atoms with E-state index in [9.17, 15) is 28.8 Å². The van der Waals surface area contributed by atoms with Crippen LogP contribution in [-0.2, 0) is 63.8 Å². The van der Waals surface area contributed by atoms with Crippen LogP contribution in [0.25, 0.3) is 11.1 Å². The van der Waals surface area contributed by atoms with Gasteiger partial charge in [0, 0.05) is 22.3 Å². The van der Waals surface area contributed by atoms with Gasteiger partial charge in [0.25, 0.3) is 0 Å². The van der Waals surface area contributed by atoms with Crippen molar-refractivity contribution in [3.63, 3.8) is 0 Å². The molecule has 2 aromatic rings. The highest BCUT2D eigenvalue weighted by atomic mass is 19.1. The third-order valence-corrected chi connectivity index (χ3v) is 10.3. The number of carbonyl (C=O) groups is 6. The summed E-state index contributed by atoms with van der Waals surface area (Å²) in [5.74, 6) is -4.40. The van der Waals surface area contributed by atoms with Crippen LogP contribution in [0.1, 0.15) is 116 Å². The molecule has 334 valence electrons. The fourth-order valence-electron chi connectivity index (χ4n) is 6.84. The van der Waals surface area contributed by atoms with E-state index < -0.39 is 86.3 Å². The molecule has 0 aliphatic heterocycles. The SMILES string of the molecule is C=C(C)C(=O)OCc1cc(OCC(COC(=O)CC(=O)OCC)(COC(=O)CC(=O)OCC)COC(=O)C(=C)C)ccc1-c1ccc(C2CCC(CCCCC)CC2)cc1F. The predicted octanol–water partition coefficient (Wildman–Crippen LogP) is 8.44. The first-order valence-corrected chi connectivity index (χ1v) is 20.9. The lowest BCUT2D eigenvalue weighted by atomic mass is 9.77. The maximum Gasteiger partial charge on any atom is 0.333 e. The van der Waals surface area contributed by atoms with Crippen LogP contribution in [0.4, 0.5) is 4.39 Å². The monoisotopic (exact) mass is 852 g/mol. The lowest BCUT2D eigenvalue weighted by Gasteiger charge is -2.32. The highest BCUT2D eigenvalue weighted by Crippen LogP contribution is 2.40. The normalized spacial score (nSPS) is 14.9. The van der Waals surface area contributed by atoms with Crippen molar-refractivity contribution in [2.75, 3.05) is 39.6 Å². The molecule has 0 radical (unpaired) electrons. The van der Waals surface area contributed by atoms with Gasteiger partial charge in [-0.3, -0.25) is 19.2 Å². The zero-order valence-corrected chi connectivity index (χ0v) is 36.2. The van der Waals surface area contributed by atoms with E-state index in [0.717, 1.165) is 31.2 Å². The Kier molecular flexibility index (Phi) is 20.7. The smallest absolute Gasteiger partial charge is 0.333 e. The Morgan fingerprint density at radius 2 is 1.20 bits per heavy atom. The molecule has 3 rings (SSSR count). The van der Waals surface area contributed by atoms with E-state index in [2.05, 4.69) is 20.1 Å². The van der Waals surface area contributed by atoms with E-state index in [0.29, 0.717) is 17.0 Å². The summed E-state index contributed by atoms with van der Waals surface area (Å²) >= 11 is 0. The molecule has 0 saturated heterocycles. The Labute approximate surface area is 358 Å². The lowest BCUT2D eigenvalue weighted by molar-refractivity contribution is -0.166. The minimum Gasteiger partial charge on any atom is -0.493 e. The number of benzene rings is 2. The van der Waals surface area contributed by atoms with Crippen molar-refractivity contribution in [2.24, 2.45) is 11.3 Å². The molecule has 0 N–H and O–H groups in total. The van der Waals surface area contributed by atoms with E-state index >= 15 is 4.39 Å². The van der Waals surface area contributed by atoms with Crippen LogP contribution in [-0.4, -0.2) is 75.5 Å². The fourth-order valence-corrected chi connectivity index (χ4v) is 6.84. The maximum atomic E-state index is 16.1. The fraction of sp³-hybridized carbons (Fsp3) is 0.532. The molecule has 0 heterocycles. The second-order valence-electron chi connectivity index (χ2n) is 15.6. The van der Waals surface area contributed by atoms with Crippen molar-refractivity contribution in [1.82, 2.24) is 0 Å². The van der Waals surface area contributed by atoms with Gasteiger partial charge in [-0.1, -0.05) is 64.0 Å². The summed E-state index contributed by atoms with van der Waals surface area (Å²) in [5, 5.41) is 0. The standard InChI is InChI=1S/C47H61FO13/c1-8-11-12-13-33-14-16-34(17-15-33)35-18-20-39(40(48)23-35)38-21-19-37(22-36(38)26-57-45(53)31(4)5)58-27-47(30-61-46(54)32(6)7,28-59-43(51)24-41(49)55-9-2)29-60-44(52)25-42(50)56-10-3/h18-23,33-34H,4,6,8-17,24-30H2,1-3,5,7H3. The van der Waals surface area contributed by atoms with E-state index in [1.54, 1.807) is 44.2 Å². The van der Waals surface area contributed by atoms with Gasteiger partial charge < -0.3 is 33.2 Å². The van der Waals surface area contributed by atoms with Gasteiger partial charge in [-0.2, -0.15) is 0 Å². The van der Waals surface area contributed by atoms with Crippen LogP contribution in [0.5, 0.6) is 5.75 Å². The molecule has 61 heavy (non-hydrogen) atoms. The van der Waals surface area contributed by atoms with Crippen molar-refractivity contribution in [1.29, 1.82) is 0 Å². The summed E-state index contributed by atoms with van der Waals surface area (Å²) in [5.41, 5.74) is 0.630. The summed E-state index contributed by atoms with van der Waals surface area (Å²) < 4.78 is 53.7. The summed E-state index contributed by atoms with van der Waals surface area (Å²) in [6.45, 7) is 13.1. The topological polar surface area (TPSA) is 167 Å². The number of halogens is 1. The van der Waals surface area contributed by atoms with E-state index in [4.69, 9.17) is 33.2 Å². The molecule has 13 nitrogen and oxygen atoms in total. The molecule has 1 fully saturated rings. The molecule has 0 spiro atoms. The molecule has 0 aromatic heterocycles. The average molecular weight is 853 g/mol. The van der Waals surface area contributed by atoms with Crippen LogP contribution in [0.15, 0.2) is 60.7 Å². The number of hydrogen-bond acceptors (Lipinski definition) is 13. The molecule has 14 heteroatoms. The highest BCUT2D eigenvalue weighted by molar-refractivity contribution is 5.92. The molecular formula is C47H61FO13. The second kappa shape index (κ2) is 25.3. The van der Waals surface area contributed by atoms with Crippen LogP contribution in [0, 0.1) is 17.2 Å². The Morgan fingerprint density at radius 1 is 0.656 bits per heavy atom. The Balaban J connectivity index is 1.96. The number of unbranched alkanes of at least 4 members (excludes halogenated alkanes) is 2. The van der Waals surface area contributed by atoms with Gasteiger partial charge in [0.2, 0.25) is 0 Å². The highest BCUT2D eigenvalue weighted by Gasteiger charge is 2.38. The van der Waals surface area contributed by atoms with Gasteiger partial charge in [0.15, 0.2) is 0 Å². The minimum atomic E-state index is -1.62. The number of hydrogen-bond donors (Lipinski definition) is 0. The summed E-state index contributed by atoms with van der Waals surface area (Å²) in [7, 11) is 0. The molecule has 0 bridgehead atoms. The molecular weight excluding hydrogens is 792 g/mol. The quantitative estimate of drug-likeness (QED) is 0.0307. The largest absolute Gasteiger partial charge is 0.493 e. The Bertz CT molecular complexity index is 1820. The van der Waals surface area contributed by atoms with E-state index in [-0.39, 0.29) is 48.2 Å². The number of rotatable bonds is 25. The lowest BCUT2D eigenvalue weighted by Crippen LogP contribution is -2.44. The first-order valence-electron chi connectivity index (χ1n) is 20.9. The second-order valence-corrected chi connectivity index (χ2v) is 15.6. The van der Waals surface area contributed by atoms with Crippen LogP contribution < -0.4 is 4.74 Å². The summed E-state index contributed by atoms with van der Waals surface area (Å²) in [4.78, 5) is 74.5. The molecule has 1 aliphatic carbocycles. The zero-order chi connectivity index (χ0) is 45.0. The van der Waals surface area contributed by atoms with Gasteiger partial charge in [0.1, 0.15) is 62.9 Å². The summed E-state index contributed by atoms with van der Waals surface area (Å²) in [6.07, 6.45) is 7.73. The van der Waals surface area contributed by atoms with Crippen LogP contribution in [0.2, 0.25) is 0 Å². The Hall–Kier alpha value is -5.53. The Morgan fingerprint density at radius 3 is 1.74 bits per heavy atom. The first kappa shape index (κ1) is 49.8. The number of ether oxygens (including phenoxy) is 7. The van der Waals surface area contributed by atoms with Crippen molar-refractivity contribution >= 4 is 35.8 Å². The van der Waals surface area contributed by atoms with Gasteiger partial charge in [-0.15, -0.1) is 0 Å². The van der Waals surface area contributed by atoms with Gasteiger partial charge in [-0.25, -0.2) is 14.0 Å². The minimum absolute atomic E-state index is 0.0302. The van der Waals surface area contributed by atoms with Crippen molar-refractivity contribution in [3.05, 3.63) is 77.6 Å². The molecule has 0 amide bonds. The van der Waals surface area contributed by atoms with E-state index in [1.165, 1.54) is 39.5 Å². The maximum absolute atomic E-state index is 16.1. The van der Waals surface area contributed by atoms with Crippen molar-refractivity contribution < 1.29 is 66.3 Å². The molecule has 1 aliphatic rings. The predicted molar refractivity (Wildman–Crippen MR) is 223 cm³/mol. The first-order chi connectivity index (χ1) is 29.1. The van der Waals surface area contributed by atoms with Crippen molar-refractivity contribution in [2.45, 2.75) is 111 Å². The van der Waals surface area contributed by atoms with Crippen LogP contribution >= 0.6 is 0 Å². The average Bonchev–Trinajstić information content (AvgIpc) is 3.22. The summed E-state index contributed by atoms with van der Waals surface area (Å²) in [6, 6.07) is 9.96. The molecule has 0 atom stereocenters. The zero-order valence-electron chi connectivity index (χ0n) is 36.2. The van der Waals surface area contributed by atoms with Gasteiger partial charge in [-0.05, 0) is 94.5 Å². The molecule has 1 saturated carbocycles. The van der Waals surface area contributed by atoms with Crippen LogP contribution in [0.3, 0.4) is 0 Å². The third-order valence-electron chi connectivity index (χ3n) is 10.3. The number of esters is 6. The molecule has 0 unspecified atom stereocenters. The van der Waals surface area contributed by atoms with Gasteiger partial charge in [0.05, 0.1) is 13.2 Å². The van der Waals surface area contributed by atoms with Crippen molar-refractivity contribution in [3.8, 4) is 16.9 Å². The number of carbonyl (C=O) groups excluding carboxylic acids is 6. The third kappa shape index (κ3) is 16.8. The van der Waals surface area contributed by atoms with E-state index in [1.807, 2.05) is 6.07 Å². The van der Waals surface area contributed by atoms with Gasteiger partial charge >= 0.3 is 35.8 Å².